The van der Waals surface area contributed by atoms with E-state index in [9.17, 15) is 19.8 Å². The van der Waals surface area contributed by atoms with Gasteiger partial charge in [0.2, 0.25) is 0 Å². The van der Waals surface area contributed by atoms with Gasteiger partial charge in [0.05, 0.1) is 11.5 Å². The van der Waals surface area contributed by atoms with Crippen molar-refractivity contribution in [2.75, 3.05) is 0 Å². The molecule has 0 aliphatic heterocycles. The molecule has 2 rings (SSSR count). The number of aliphatic carboxylic acids is 1. The highest BCUT2D eigenvalue weighted by Gasteiger charge is 2.63. The van der Waals surface area contributed by atoms with Crippen molar-refractivity contribution in [1.82, 2.24) is 0 Å². The Morgan fingerprint density at radius 2 is 2.05 bits per heavy atom. The van der Waals surface area contributed by atoms with E-state index in [-0.39, 0.29) is 17.3 Å². The van der Waals surface area contributed by atoms with E-state index in [1.165, 1.54) is 19.1 Å². The first-order valence-corrected chi connectivity index (χ1v) is 6.72. The predicted octanol–water partition coefficient (Wildman–Crippen LogP) is 0.910. The van der Waals surface area contributed by atoms with Crippen LogP contribution in [0.1, 0.15) is 26.7 Å². The summed E-state index contributed by atoms with van der Waals surface area (Å²) in [5.74, 6) is -2.55. The fraction of sp³-hybridized carbons (Fsp3) is 0.600. The Kier molecular flexibility index (Phi) is 3.38. The summed E-state index contributed by atoms with van der Waals surface area (Å²) >= 11 is 0. The van der Waals surface area contributed by atoms with Crippen molar-refractivity contribution >= 4 is 11.8 Å². The number of carboxylic acid groups (broad SMARTS) is 1. The van der Waals surface area contributed by atoms with Crippen molar-refractivity contribution in [2.24, 2.45) is 17.3 Å². The van der Waals surface area contributed by atoms with E-state index in [4.69, 9.17) is 5.11 Å². The van der Waals surface area contributed by atoms with Crippen LogP contribution in [-0.4, -0.2) is 38.8 Å². The Morgan fingerprint density at radius 1 is 1.45 bits per heavy atom. The maximum atomic E-state index is 12.2. The molecular formula is C15H20O5. The van der Waals surface area contributed by atoms with Gasteiger partial charge in [0, 0.05) is 11.5 Å². The van der Waals surface area contributed by atoms with E-state index in [1.807, 2.05) is 0 Å². The van der Waals surface area contributed by atoms with E-state index in [2.05, 4.69) is 6.58 Å². The van der Waals surface area contributed by atoms with E-state index < -0.39 is 29.0 Å². The number of hydrogen-bond donors (Lipinski definition) is 3. The Labute approximate surface area is 117 Å². The normalized spacial score (nSPS) is 44.0. The first-order valence-electron chi connectivity index (χ1n) is 6.72. The molecular weight excluding hydrogens is 260 g/mol. The first kappa shape index (κ1) is 14.9. The third kappa shape index (κ3) is 1.70. The number of carboxylic acids is 1. The van der Waals surface area contributed by atoms with Crippen molar-refractivity contribution in [2.45, 2.75) is 38.4 Å². The number of rotatable bonds is 2. The average Bonchev–Trinajstić information content (AvgIpc) is 2.60. The molecule has 5 atom stereocenters. The van der Waals surface area contributed by atoms with Gasteiger partial charge in [0.15, 0.2) is 5.78 Å². The highest BCUT2D eigenvalue weighted by molar-refractivity contribution is 6.00. The monoisotopic (exact) mass is 280 g/mol. The molecule has 2 aliphatic rings. The smallest absolute Gasteiger partial charge is 0.331 e. The standard InChI is InChI=1S/C15H20O5/c1-8-4-5-10(9(2)13(18)19)12(17)14(3)11(16)6-7-15(8,14)20/h6-8,10,12,17,20H,2,4-5H2,1,3H3,(H,18,19)/t8-,10-,12+,14-,15+/m0/s1. The second kappa shape index (κ2) is 4.53. The molecule has 5 nitrogen and oxygen atoms in total. The minimum atomic E-state index is -1.45. The number of fused-ring (bicyclic) bond motifs is 1. The number of aliphatic hydroxyl groups excluding tert-OH is 1. The van der Waals surface area contributed by atoms with Crippen LogP contribution < -0.4 is 0 Å². The SMILES string of the molecule is C=C(C(=O)O)[C@@H]1CC[C@H](C)[C@]2(O)C=CC(=O)[C@@]2(C)[C@@H]1O. The van der Waals surface area contributed by atoms with Crippen LogP contribution >= 0.6 is 0 Å². The summed E-state index contributed by atoms with van der Waals surface area (Å²) in [6.45, 7) is 6.82. The molecule has 0 radical (unpaired) electrons. The van der Waals surface area contributed by atoms with Gasteiger partial charge in [-0.2, -0.15) is 0 Å². The van der Waals surface area contributed by atoms with Crippen LogP contribution in [-0.2, 0) is 9.59 Å². The summed E-state index contributed by atoms with van der Waals surface area (Å²) in [5.41, 5.74) is -2.99. The van der Waals surface area contributed by atoms with Crippen molar-refractivity contribution in [3.8, 4) is 0 Å². The molecule has 1 fully saturated rings. The maximum absolute atomic E-state index is 12.2. The van der Waals surface area contributed by atoms with Crippen LogP contribution in [0, 0.1) is 17.3 Å². The van der Waals surface area contributed by atoms with Gasteiger partial charge in [-0.3, -0.25) is 4.79 Å². The fourth-order valence-corrected chi connectivity index (χ4v) is 3.54. The van der Waals surface area contributed by atoms with Crippen molar-refractivity contribution in [3.63, 3.8) is 0 Å². The number of carbonyl (C=O) groups excluding carboxylic acids is 1. The molecule has 0 aromatic carbocycles. The average molecular weight is 280 g/mol. The molecule has 1 saturated carbocycles. The summed E-state index contributed by atoms with van der Waals surface area (Å²) in [7, 11) is 0. The molecule has 0 saturated heterocycles. The Hall–Kier alpha value is -1.46. The minimum Gasteiger partial charge on any atom is -0.478 e. The van der Waals surface area contributed by atoms with E-state index in [0.717, 1.165) is 0 Å². The molecule has 5 heteroatoms. The topological polar surface area (TPSA) is 94.8 Å². The summed E-state index contributed by atoms with van der Waals surface area (Å²) in [5, 5.41) is 30.5. The zero-order chi connectivity index (χ0) is 15.3. The van der Waals surface area contributed by atoms with Gasteiger partial charge in [-0.15, -0.1) is 0 Å². The largest absolute Gasteiger partial charge is 0.478 e. The van der Waals surface area contributed by atoms with Crippen molar-refractivity contribution < 1.29 is 24.9 Å². The molecule has 0 bridgehead atoms. The first-order chi connectivity index (χ1) is 9.16. The van der Waals surface area contributed by atoms with E-state index >= 15 is 0 Å². The van der Waals surface area contributed by atoms with Crippen LogP contribution in [0.3, 0.4) is 0 Å². The third-order valence-corrected chi connectivity index (χ3v) is 5.19. The summed E-state index contributed by atoms with van der Waals surface area (Å²) in [6.07, 6.45) is 2.34. The maximum Gasteiger partial charge on any atom is 0.331 e. The lowest BCUT2D eigenvalue weighted by molar-refractivity contribution is -0.156. The highest BCUT2D eigenvalue weighted by Crippen LogP contribution is 2.53. The Balaban J connectivity index is 2.51. The number of aliphatic hydroxyl groups is 2. The van der Waals surface area contributed by atoms with Crippen molar-refractivity contribution in [3.05, 3.63) is 24.3 Å². The molecule has 0 spiro atoms. The molecule has 0 heterocycles. The minimum absolute atomic E-state index is 0.116. The van der Waals surface area contributed by atoms with Crippen LogP contribution in [0.2, 0.25) is 0 Å². The lowest BCUT2D eigenvalue weighted by atomic mass is 9.64. The Bertz CT molecular complexity index is 508. The molecule has 0 unspecified atom stereocenters. The number of allylic oxidation sites excluding steroid dienone is 1. The molecule has 0 aromatic heterocycles. The zero-order valence-electron chi connectivity index (χ0n) is 11.7. The third-order valence-electron chi connectivity index (χ3n) is 5.19. The second-order valence-electron chi connectivity index (χ2n) is 6.09. The van der Waals surface area contributed by atoms with Gasteiger partial charge >= 0.3 is 5.97 Å². The van der Waals surface area contributed by atoms with Crippen LogP contribution in [0.25, 0.3) is 0 Å². The summed E-state index contributed by atoms with van der Waals surface area (Å²) < 4.78 is 0. The highest BCUT2D eigenvalue weighted by atomic mass is 16.4. The molecule has 110 valence electrons. The quantitative estimate of drug-likeness (QED) is 0.654. The number of carbonyl (C=O) groups is 2. The molecule has 2 aliphatic carbocycles. The predicted molar refractivity (Wildman–Crippen MR) is 71.9 cm³/mol. The van der Waals surface area contributed by atoms with Crippen molar-refractivity contribution in [1.29, 1.82) is 0 Å². The fourth-order valence-electron chi connectivity index (χ4n) is 3.54. The van der Waals surface area contributed by atoms with E-state index in [0.29, 0.717) is 12.8 Å². The van der Waals surface area contributed by atoms with Gasteiger partial charge in [0.1, 0.15) is 5.60 Å². The van der Waals surface area contributed by atoms with Gasteiger partial charge in [-0.25, -0.2) is 4.79 Å². The van der Waals surface area contributed by atoms with Gasteiger partial charge in [0.25, 0.3) is 0 Å². The molecule has 0 aromatic rings. The van der Waals surface area contributed by atoms with Crippen LogP contribution in [0.4, 0.5) is 0 Å². The Morgan fingerprint density at radius 3 is 2.60 bits per heavy atom. The number of ketones is 1. The van der Waals surface area contributed by atoms with Gasteiger partial charge < -0.3 is 15.3 Å². The molecule has 0 amide bonds. The van der Waals surface area contributed by atoms with E-state index in [1.54, 1.807) is 6.92 Å². The second-order valence-corrected chi connectivity index (χ2v) is 6.09. The van der Waals surface area contributed by atoms with Crippen LogP contribution in [0.15, 0.2) is 24.3 Å². The summed E-state index contributed by atoms with van der Waals surface area (Å²) in [4.78, 5) is 23.3. The molecule has 20 heavy (non-hydrogen) atoms. The molecule has 3 N–H and O–H groups in total. The number of hydrogen-bond acceptors (Lipinski definition) is 4. The lowest BCUT2D eigenvalue weighted by Gasteiger charge is -2.44. The summed E-state index contributed by atoms with van der Waals surface area (Å²) in [6, 6.07) is 0. The zero-order valence-corrected chi connectivity index (χ0v) is 11.7. The van der Waals surface area contributed by atoms with Gasteiger partial charge in [-0.1, -0.05) is 13.5 Å². The van der Waals surface area contributed by atoms with Gasteiger partial charge in [-0.05, 0) is 37.8 Å². The lowest BCUT2D eigenvalue weighted by Crippen LogP contribution is -2.57. The van der Waals surface area contributed by atoms with Crippen LogP contribution in [0.5, 0.6) is 0 Å².